The van der Waals surface area contributed by atoms with E-state index in [1.165, 1.54) is 0 Å². The molecule has 7 heavy (non-hydrogen) atoms. The van der Waals surface area contributed by atoms with Crippen LogP contribution >= 0.6 is 0 Å². The third kappa shape index (κ3) is 0.907. The fourth-order valence-electron chi connectivity index (χ4n) is 0.587. The molecule has 42 valence electrons. The number of aliphatic hydroxyl groups excluding tert-OH is 1. The molecule has 4 N–H and O–H groups in total. The SMILES string of the molecule is [NH3+][C@H]1COC[C@@H]1O. The molecule has 2 atom stereocenters. The van der Waals surface area contributed by atoms with E-state index >= 15 is 0 Å². The lowest BCUT2D eigenvalue weighted by Gasteiger charge is -1.97. The van der Waals surface area contributed by atoms with Crippen molar-refractivity contribution in [2.75, 3.05) is 13.2 Å². The lowest BCUT2D eigenvalue weighted by atomic mass is 10.2. The monoisotopic (exact) mass is 104 g/mol. The van der Waals surface area contributed by atoms with Gasteiger partial charge >= 0.3 is 0 Å². The van der Waals surface area contributed by atoms with Crippen LogP contribution in [0, 0.1) is 0 Å². The summed E-state index contributed by atoms with van der Waals surface area (Å²) in [7, 11) is 0. The molecule has 1 rings (SSSR count). The average Bonchev–Trinajstić information content (AvgIpc) is 1.91. The van der Waals surface area contributed by atoms with Crippen LogP contribution in [-0.4, -0.2) is 30.5 Å². The molecule has 1 heterocycles. The molecule has 0 saturated carbocycles. The minimum atomic E-state index is -0.319. The highest BCUT2D eigenvalue weighted by Crippen LogP contribution is 1.98. The van der Waals surface area contributed by atoms with Crippen LogP contribution in [0.5, 0.6) is 0 Å². The summed E-state index contributed by atoms with van der Waals surface area (Å²) in [6.07, 6.45) is -0.319. The van der Waals surface area contributed by atoms with Gasteiger partial charge in [-0.3, -0.25) is 0 Å². The Labute approximate surface area is 42.1 Å². The molecule has 3 nitrogen and oxygen atoms in total. The van der Waals surface area contributed by atoms with Crippen molar-refractivity contribution in [1.82, 2.24) is 0 Å². The Bertz CT molecular complexity index is 58.7. The van der Waals surface area contributed by atoms with Gasteiger partial charge in [-0.05, 0) is 0 Å². The molecule has 0 bridgehead atoms. The van der Waals surface area contributed by atoms with Gasteiger partial charge in [0.05, 0.1) is 6.61 Å². The Hall–Kier alpha value is -0.120. The summed E-state index contributed by atoms with van der Waals surface area (Å²) in [4.78, 5) is 0. The van der Waals surface area contributed by atoms with Crippen molar-refractivity contribution in [2.24, 2.45) is 0 Å². The molecular weight excluding hydrogens is 94.0 g/mol. The van der Waals surface area contributed by atoms with Crippen molar-refractivity contribution in [1.29, 1.82) is 0 Å². The van der Waals surface area contributed by atoms with Gasteiger partial charge in [0.25, 0.3) is 0 Å². The average molecular weight is 104 g/mol. The largest absolute Gasteiger partial charge is 0.384 e. The number of aliphatic hydroxyl groups is 1. The van der Waals surface area contributed by atoms with E-state index in [4.69, 9.17) is 9.84 Å². The van der Waals surface area contributed by atoms with Gasteiger partial charge < -0.3 is 15.6 Å². The van der Waals surface area contributed by atoms with E-state index in [0.717, 1.165) is 0 Å². The number of ether oxygens (including phenoxy) is 1. The third-order valence-electron chi connectivity index (χ3n) is 1.16. The van der Waals surface area contributed by atoms with Crippen LogP contribution in [0.2, 0.25) is 0 Å². The van der Waals surface area contributed by atoms with Gasteiger partial charge in [0.2, 0.25) is 0 Å². The molecule has 1 aliphatic heterocycles. The van der Waals surface area contributed by atoms with Crippen LogP contribution in [0.4, 0.5) is 0 Å². The standard InChI is InChI=1S/C4H9NO2/c5-3-1-7-2-4(3)6/h3-4,6H,1-2,5H2/p+1/t3-,4-/m0/s1. The molecule has 1 saturated heterocycles. The minimum absolute atomic E-state index is 0.0972. The molecule has 1 fully saturated rings. The fraction of sp³-hybridized carbons (Fsp3) is 1.00. The van der Waals surface area contributed by atoms with E-state index in [2.05, 4.69) is 5.73 Å². The molecule has 3 heteroatoms. The maximum atomic E-state index is 8.81. The van der Waals surface area contributed by atoms with E-state index in [-0.39, 0.29) is 12.1 Å². The first-order valence-corrected chi connectivity index (χ1v) is 2.39. The van der Waals surface area contributed by atoms with Gasteiger partial charge in [0, 0.05) is 0 Å². The van der Waals surface area contributed by atoms with Crippen molar-refractivity contribution in [2.45, 2.75) is 12.1 Å². The zero-order valence-electron chi connectivity index (χ0n) is 4.13. The summed E-state index contributed by atoms with van der Waals surface area (Å²) in [5, 5.41) is 8.81. The quantitative estimate of drug-likeness (QED) is 0.373. The molecular formula is C4H10NO2+. The van der Waals surface area contributed by atoms with Crippen molar-refractivity contribution < 1.29 is 15.6 Å². The van der Waals surface area contributed by atoms with E-state index in [1.807, 2.05) is 0 Å². The minimum Gasteiger partial charge on any atom is -0.384 e. The Balaban J connectivity index is 2.33. The van der Waals surface area contributed by atoms with Gasteiger partial charge in [0.1, 0.15) is 18.8 Å². The van der Waals surface area contributed by atoms with Crippen molar-refractivity contribution in [3.63, 3.8) is 0 Å². The van der Waals surface area contributed by atoms with Crippen LogP contribution < -0.4 is 5.73 Å². The van der Waals surface area contributed by atoms with E-state index in [1.54, 1.807) is 0 Å². The lowest BCUT2D eigenvalue weighted by Crippen LogP contribution is -2.66. The highest BCUT2D eigenvalue weighted by atomic mass is 16.5. The van der Waals surface area contributed by atoms with E-state index in [9.17, 15) is 0 Å². The second kappa shape index (κ2) is 1.78. The molecule has 0 aromatic heterocycles. The highest BCUT2D eigenvalue weighted by molar-refractivity contribution is 4.69. The first-order valence-electron chi connectivity index (χ1n) is 2.39. The molecule has 0 aliphatic carbocycles. The highest BCUT2D eigenvalue weighted by Gasteiger charge is 2.24. The predicted octanol–water partition coefficient (Wildman–Crippen LogP) is -2.01. The van der Waals surface area contributed by atoms with Crippen LogP contribution in [0.15, 0.2) is 0 Å². The van der Waals surface area contributed by atoms with Crippen LogP contribution in [0.1, 0.15) is 0 Å². The molecule has 0 unspecified atom stereocenters. The van der Waals surface area contributed by atoms with Gasteiger partial charge in [-0.25, -0.2) is 0 Å². The van der Waals surface area contributed by atoms with Crippen LogP contribution in [0.3, 0.4) is 0 Å². The maximum Gasteiger partial charge on any atom is 0.136 e. The molecule has 0 spiro atoms. The Morgan fingerprint density at radius 2 is 2.29 bits per heavy atom. The summed E-state index contributed by atoms with van der Waals surface area (Å²) >= 11 is 0. The number of hydrogen-bond donors (Lipinski definition) is 2. The normalized spacial score (nSPS) is 42.0. The van der Waals surface area contributed by atoms with Crippen LogP contribution in [0.25, 0.3) is 0 Å². The second-order valence-corrected chi connectivity index (χ2v) is 1.86. The van der Waals surface area contributed by atoms with E-state index < -0.39 is 0 Å². The van der Waals surface area contributed by atoms with Crippen molar-refractivity contribution in [3.05, 3.63) is 0 Å². The molecule has 0 radical (unpaired) electrons. The number of hydrogen-bond acceptors (Lipinski definition) is 2. The summed E-state index contributed by atoms with van der Waals surface area (Å²) in [6, 6.07) is 0.0972. The maximum absolute atomic E-state index is 8.81. The predicted molar refractivity (Wildman–Crippen MR) is 23.5 cm³/mol. The van der Waals surface area contributed by atoms with Crippen molar-refractivity contribution in [3.8, 4) is 0 Å². The summed E-state index contributed by atoms with van der Waals surface area (Å²) in [6.45, 7) is 1.08. The van der Waals surface area contributed by atoms with Gasteiger partial charge in [-0.15, -0.1) is 0 Å². The number of rotatable bonds is 0. The molecule has 0 amide bonds. The Kier molecular flexibility index (Phi) is 1.27. The zero-order chi connectivity index (χ0) is 5.28. The smallest absolute Gasteiger partial charge is 0.136 e. The van der Waals surface area contributed by atoms with Gasteiger partial charge in [-0.1, -0.05) is 0 Å². The first kappa shape index (κ1) is 5.03. The first-order chi connectivity index (χ1) is 3.30. The fourth-order valence-corrected chi connectivity index (χ4v) is 0.587. The second-order valence-electron chi connectivity index (χ2n) is 1.86. The summed E-state index contributed by atoms with van der Waals surface area (Å²) < 4.78 is 4.86. The summed E-state index contributed by atoms with van der Waals surface area (Å²) in [5.41, 5.74) is 3.64. The zero-order valence-corrected chi connectivity index (χ0v) is 4.13. The number of quaternary nitrogens is 1. The topological polar surface area (TPSA) is 57.1 Å². The lowest BCUT2D eigenvalue weighted by molar-refractivity contribution is -0.429. The van der Waals surface area contributed by atoms with Crippen molar-refractivity contribution >= 4 is 0 Å². The van der Waals surface area contributed by atoms with E-state index in [0.29, 0.717) is 13.2 Å². The molecule has 1 aliphatic rings. The summed E-state index contributed by atoms with van der Waals surface area (Å²) in [5.74, 6) is 0. The van der Waals surface area contributed by atoms with Gasteiger partial charge in [-0.2, -0.15) is 0 Å². The molecule has 0 aromatic carbocycles. The Morgan fingerprint density at radius 1 is 1.57 bits per heavy atom. The van der Waals surface area contributed by atoms with Crippen LogP contribution in [-0.2, 0) is 4.74 Å². The Morgan fingerprint density at radius 3 is 2.43 bits per heavy atom. The third-order valence-corrected chi connectivity index (χ3v) is 1.16. The molecule has 0 aromatic rings. The van der Waals surface area contributed by atoms with Gasteiger partial charge in [0.15, 0.2) is 0 Å².